The van der Waals surface area contributed by atoms with E-state index in [1.54, 1.807) is 0 Å². The maximum Gasteiger partial charge on any atom is 0.414 e. The summed E-state index contributed by atoms with van der Waals surface area (Å²) in [5, 5.41) is 14.3. The summed E-state index contributed by atoms with van der Waals surface area (Å²) in [5.74, 6) is -0.0300. The molecule has 0 radical (unpaired) electrons. The quantitative estimate of drug-likeness (QED) is 0.570. The van der Waals surface area contributed by atoms with Crippen molar-refractivity contribution in [3.8, 4) is 0 Å². The lowest BCUT2D eigenvalue weighted by atomic mass is 9.44. The molecule has 36 heavy (non-hydrogen) atoms. The van der Waals surface area contributed by atoms with Gasteiger partial charge in [-0.15, -0.1) is 0 Å². The normalized spacial score (nSPS) is 50.0. The number of ketones is 1. The van der Waals surface area contributed by atoms with E-state index >= 15 is 0 Å². The van der Waals surface area contributed by atoms with Crippen molar-refractivity contribution in [1.82, 2.24) is 10.2 Å². The molecule has 11 atom stereocenters. The summed E-state index contributed by atoms with van der Waals surface area (Å²) >= 11 is 0. The summed E-state index contributed by atoms with van der Waals surface area (Å²) in [6.07, 6.45) is 6.54. The smallest absolute Gasteiger partial charge is 0.414 e. The van der Waals surface area contributed by atoms with E-state index in [2.05, 4.69) is 31.0 Å². The highest BCUT2D eigenvalue weighted by molar-refractivity contribution is 5.93. The number of ether oxygens (including phenoxy) is 1. The van der Waals surface area contributed by atoms with Crippen molar-refractivity contribution in [2.75, 3.05) is 19.6 Å². The van der Waals surface area contributed by atoms with E-state index in [-0.39, 0.29) is 40.8 Å². The van der Waals surface area contributed by atoms with E-state index in [0.717, 1.165) is 38.8 Å². The second-order valence-electron chi connectivity index (χ2n) is 13.2. The number of carbonyl (C=O) groups excluding carboxylic acids is 3. The molecule has 2 aliphatic heterocycles. The maximum atomic E-state index is 13.5. The predicted octanol–water partition coefficient (Wildman–Crippen LogP) is 3.94. The molecule has 0 aromatic rings. The van der Waals surface area contributed by atoms with E-state index in [4.69, 9.17) is 4.74 Å². The van der Waals surface area contributed by atoms with Crippen LogP contribution in [0.5, 0.6) is 0 Å². The summed E-state index contributed by atoms with van der Waals surface area (Å²) < 4.78 is 6.19. The van der Waals surface area contributed by atoms with Crippen LogP contribution in [0, 0.1) is 45.8 Å². The molecule has 4 bridgehead atoms. The first-order valence-electron chi connectivity index (χ1n) is 14.0. The average Bonchev–Trinajstić information content (AvgIpc) is 3.55. The first-order chi connectivity index (χ1) is 17.0. The lowest BCUT2D eigenvalue weighted by Gasteiger charge is -2.61. The van der Waals surface area contributed by atoms with E-state index in [1.165, 1.54) is 0 Å². The lowest BCUT2D eigenvalue weighted by molar-refractivity contribution is -0.191. The summed E-state index contributed by atoms with van der Waals surface area (Å²) in [6.45, 7) is 13.1. The highest BCUT2D eigenvalue weighted by atomic mass is 16.6. The lowest BCUT2D eigenvalue weighted by Crippen LogP contribution is -2.63. The van der Waals surface area contributed by atoms with Gasteiger partial charge in [-0.2, -0.15) is 0 Å². The number of piperidine rings is 1. The third kappa shape index (κ3) is 3.71. The highest BCUT2D eigenvalue weighted by Crippen LogP contribution is 2.68. The molecule has 2 heterocycles. The number of allylic oxidation sites excluding steroid dienone is 1. The van der Waals surface area contributed by atoms with E-state index in [1.807, 2.05) is 26.0 Å². The van der Waals surface area contributed by atoms with Crippen molar-refractivity contribution >= 4 is 17.8 Å². The van der Waals surface area contributed by atoms with Gasteiger partial charge in [0.2, 0.25) is 5.91 Å². The molecule has 3 aliphatic carbocycles. The van der Waals surface area contributed by atoms with Crippen LogP contribution in [0.1, 0.15) is 73.1 Å². The molecular formula is C29H44N2O5. The molecule has 5 aliphatic rings. The van der Waals surface area contributed by atoms with Crippen molar-refractivity contribution in [2.45, 2.75) is 85.4 Å². The molecule has 7 nitrogen and oxygen atoms in total. The number of fused-ring (bicyclic) bond motifs is 2. The van der Waals surface area contributed by atoms with Gasteiger partial charge in [-0.3, -0.25) is 14.9 Å². The van der Waals surface area contributed by atoms with Crippen molar-refractivity contribution in [3.63, 3.8) is 0 Å². The van der Waals surface area contributed by atoms with Crippen LogP contribution in [0.2, 0.25) is 0 Å². The molecular weight excluding hydrogens is 456 g/mol. The van der Waals surface area contributed by atoms with Crippen LogP contribution in [-0.2, 0) is 14.3 Å². The fraction of sp³-hybridized carbons (Fsp3) is 0.828. The monoisotopic (exact) mass is 500 g/mol. The SMILES string of the molecule is C/C=C\[C@]1(C)C[C@@H](OC(=O)NC(=O)[C@H]2CN3CC[C@@H]2C3)[C@@]2(C)[C@@H]3C(=O)CC[C@@]3(CC[C@@H]2C)[C@@H](C)[C@@H]1O. The molecule has 0 aromatic heterocycles. The standard InChI is InChI=1S/C29H44N2O5/c1-6-10-27(4)14-22(36-26(35)30-25(34)20-16-31-13-9-19(20)15-31)28(5)17(2)7-11-29(18(3)24(27)33)12-8-21(32)23(28)29/h6,10,17-20,22-24,33H,7-9,11-16H2,1-5H3,(H,30,34,35)/b10-6-/t17-,18-,19+,20-,22+,23-,24-,27+,28-,29-/m0/s1. The molecule has 2 amide bonds. The van der Waals surface area contributed by atoms with Crippen molar-refractivity contribution < 1.29 is 24.2 Å². The number of alkyl carbamates (subject to hydrolysis) is 1. The van der Waals surface area contributed by atoms with Gasteiger partial charge < -0.3 is 14.7 Å². The summed E-state index contributed by atoms with van der Waals surface area (Å²) in [4.78, 5) is 42.0. The first-order valence-corrected chi connectivity index (χ1v) is 14.0. The number of aliphatic hydroxyl groups is 1. The minimum absolute atomic E-state index is 0.0499. The zero-order valence-corrected chi connectivity index (χ0v) is 22.6. The Labute approximate surface area is 215 Å². The number of Topliss-reactive ketones (excluding diaryl/α,β-unsaturated/α-hetero) is 1. The zero-order chi connectivity index (χ0) is 26.0. The fourth-order valence-corrected chi connectivity index (χ4v) is 9.28. The molecule has 5 fully saturated rings. The van der Waals surface area contributed by atoms with Crippen molar-refractivity contribution in [2.24, 2.45) is 45.8 Å². The number of amides is 2. The first kappa shape index (κ1) is 25.9. The van der Waals surface area contributed by atoms with Crippen LogP contribution in [-0.4, -0.2) is 59.6 Å². The Hall–Kier alpha value is -1.73. The Morgan fingerprint density at radius 2 is 1.92 bits per heavy atom. The number of hydrogen-bond donors (Lipinski definition) is 2. The Bertz CT molecular complexity index is 965. The minimum atomic E-state index is -0.719. The minimum Gasteiger partial charge on any atom is -0.445 e. The molecule has 2 N–H and O–H groups in total. The van der Waals surface area contributed by atoms with Gasteiger partial charge in [0.25, 0.3) is 0 Å². The van der Waals surface area contributed by atoms with Crippen LogP contribution in [0.15, 0.2) is 12.2 Å². The second kappa shape index (κ2) is 8.93. The summed E-state index contributed by atoms with van der Waals surface area (Å²) in [5.41, 5.74) is -1.49. The van der Waals surface area contributed by atoms with Gasteiger partial charge in [-0.1, -0.05) is 39.8 Å². The highest BCUT2D eigenvalue weighted by Gasteiger charge is 2.68. The fourth-order valence-electron chi connectivity index (χ4n) is 9.28. The number of carbonyl (C=O) groups is 3. The van der Waals surface area contributed by atoms with Gasteiger partial charge in [-0.25, -0.2) is 4.79 Å². The average molecular weight is 501 g/mol. The molecule has 0 aromatic carbocycles. The molecule has 5 rings (SSSR count). The molecule has 2 saturated heterocycles. The Kier molecular flexibility index (Phi) is 6.43. The molecule has 1 unspecified atom stereocenters. The second-order valence-corrected chi connectivity index (χ2v) is 13.2. The van der Waals surface area contributed by atoms with Gasteiger partial charge in [0.1, 0.15) is 11.9 Å². The Balaban J connectivity index is 1.47. The van der Waals surface area contributed by atoms with E-state index < -0.39 is 29.1 Å². The van der Waals surface area contributed by atoms with E-state index in [0.29, 0.717) is 25.3 Å². The van der Waals surface area contributed by atoms with Crippen LogP contribution < -0.4 is 5.32 Å². The van der Waals surface area contributed by atoms with Gasteiger partial charge in [-0.05, 0) is 68.7 Å². The van der Waals surface area contributed by atoms with Crippen LogP contribution >= 0.6 is 0 Å². The topological polar surface area (TPSA) is 95.9 Å². The van der Waals surface area contributed by atoms with Crippen molar-refractivity contribution in [3.05, 3.63) is 12.2 Å². The third-order valence-corrected chi connectivity index (χ3v) is 11.5. The number of aliphatic hydroxyl groups excluding tert-OH is 1. The van der Waals surface area contributed by atoms with Crippen LogP contribution in [0.4, 0.5) is 4.79 Å². The number of nitrogens with zero attached hydrogens (tertiary/aromatic N) is 1. The van der Waals surface area contributed by atoms with Crippen LogP contribution in [0.25, 0.3) is 0 Å². The van der Waals surface area contributed by atoms with Gasteiger partial charge >= 0.3 is 6.09 Å². The van der Waals surface area contributed by atoms with Crippen LogP contribution in [0.3, 0.4) is 0 Å². The summed E-state index contributed by atoms with van der Waals surface area (Å²) in [7, 11) is 0. The molecule has 7 heteroatoms. The number of imide groups is 1. The number of nitrogens with one attached hydrogen (secondary N) is 1. The number of rotatable bonds is 3. The zero-order valence-electron chi connectivity index (χ0n) is 22.6. The Morgan fingerprint density at radius 1 is 1.17 bits per heavy atom. The van der Waals surface area contributed by atoms with Gasteiger partial charge in [0, 0.05) is 36.3 Å². The van der Waals surface area contributed by atoms with Gasteiger partial charge in [0.05, 0.1) is 12.0 Å². The largest absolute Gasteiger partial charge is 0.445 e. The van der Waals surface area contributed by atoms with Crippen molar-refractivity contribution in [1.29, 1.82) is 0 Å². The summed E-state index contributed by atoms with van der Waals surface area (Å²) in [6, 6.07) is 0. The van der Waals surface area contributed by atoms with Gasteiger partial charge in [0.15, 0.2) is 0 Å². The molecule has 200 valence electrons. The third-order valence-electron chi connectivity index (χ3n) is 11.5. The Morgan fingerprint density at radius 3 is 2.56 bits per heavy atom. The maximum absolute atomic E-state index is 13.5. The molecule has 3 saturated carbocycles. The number of hydrogen-bond acceptors (Lipinski definition) is 6. The van der Waals surface area contributed by atoms with E-state index in [9.17, 15) is 19.5 Å². The predicted molar refractivity (Wildman–Crippen MR) is 136 cm³/mol. The molecule has 0 spiro atoms.